The summed E-state index contributed by atoms with van der Waals surface area (Å²) in [6.07, 6.45) is 2.07. The minimum Gasteiger partial charge on any atom is -0.497 e. The number of nitrogens with one attached hydrogen (secondary N) is 1. The van der Waals surface area contributed by atoms with Crippen LogP contribution in [0, 0.1) is 0 Å². The first kappa shape index (κ1) is 13.5. The number of rotatable bonds is 1. The molecule has 112 valence electrons. The smallest absolute Gasteiger partial charge is 0.132 e. The molecule has 4 rings (SSSR count). The van der Waals surface area contributed by atoms with Gasteiger partial charge in [0.2, 0.25) is 0 Å². The van der Waals surface area contributed by atoms with Gasteiger partial charge in [0.1, 0.15) is 17.2 Å². The minimum absolute atomic E-state index is 0.342. The van der Waals surface area contributed by atoms with Crippen LogP contribution in [0.3, 0.4) is 0 Å². The van der Waals surface area contributed by atoms with Crippen LogP contribution in [0.5, 0.6) is 17.2 Å². The minimum atomic E-state index is -0.342. The van der Waals surface area contributed by atoms with Crippen LogP contribution in [0.4, 0.5) is 0 Å². The molecule has 1 atom stereocenters. The SMILES string of the molecule is COc1ccc2c(c1)[C@@]1(C=C(N)NC1)c1cc(Br)ccc1O2. The molecule has 2 aromatic carbocycles. The van der Waals surface area contributed by atoms with Crippen LogP contribution < -0.4 is 20.5 Å². The van der Waals surface area contributed by atoms with Crippen LogP contribution in [0.1, 0.15) is 11.1 Å². The van der Waals surface area contributed by atoms with Crippen molar-refractivity contribution in [3.8, 4) is 17.2 Å². The molecule has 0 amide bonds. The maximum Gasteiger partial charge on any atom is 0.132 e. The highest BCUT2D eigenvalue weighted by Crippen LogP contribution is 2.51. The summed E-state index contributed by atoms with van der Waals surface area (Å²) in [7, 11) is 1.67. The highest BCUT2D eigenvalue weighted by Gasteiger charge is 2.44. The fourth-order valence-electron chi connectivity index (χ4n) is 3.23. The van der Waals surface area contributed by atoms with E-state index in [4.69, 9.17) is 15.2 Å². The van der Waals surface area contributed by atoms with E-state index in [-0.39, 0.29) is 5.41 Å². The molecule has 0 radical (unpaired) electrons. The van der Waals surface area contributed by atoms with Gasteiger partial charge >= 0.3 is 0 Å². The molecular weight excluding hydrogens is 344 g/mol. The second kappa shape index (κ2) is 4.68. The summed E-state index contributed by atoms with van der Waals surface area (Å²) in [5.74, 6) is 3.18. The predicted molar refractivity (Wildman–Crippen MR) is 88.3 cm³/mol. The molecule has 2 aliphatic rings. The molecule has 2 aromatic rings. The molecule has 1 spiro atoms. The topological polar surface area (TPSA) is 56.5 Å². The highest BCUT2D eigenvalue weighted by atomic mass is 79.9. The van der Waals surface area contributed by atoms with Crippen LogP contribution >= 0.6 is 15.9 Å². The Morgan fingerprint density at radius 1 is 1.18 bits per heavy atom. The Kier molecular flexibility index (Phi) is 2.87. The Morgan fingerprint density at radius 3 is 2.59 bits per heavy atom. The normalized spacial score (nSPS) is 21.5. The maximum atomic E-state index is 6.08. The Morgan fingerprint density at radius 2 is 1.91 bits per heavy atom. The van der Waals surface area contributed by atoms with Crippen molar-refractivity contribution in [1.29, 1.82) is 0 Å². The molecule has 2 aliphatic heterocycles. The highest BCUT2D eigenvalue weighted by molar-refractivity contribution is 9.10. The van der Waals surface area contributed by atoms with Crippen molar-refractivity contribution in [2.45, 2.75) is 5.41 Å². The molecule has 0 bridgehead atoms. The summed E-state index contributed by atoms with van der Waals surface area (Å²) < 4.78 is 12.5. The predicted octanol–water partition coefficient (Wildman–Crippen LogP) is 3.25. The lowest BCUT2D eigenvalue weighted by Crippen LogP contribution is -2.34. The number of fused-ring (bicyclic) bond motifs is 4. The largest absolute Gasteiger partial charge is 0.497 e. The molecule has 0 saturated heterocycles. The van der Waals surface area contributed by atoms with Gasteiger partial charge in [-0.1, -0.05) is 15.9 Å². The van der Waals surface area contributed by atoms with E-state index >= 15 is 0 Å². The Balaban J connectivity index is 2.02. The number of hydrogen-bond donors (Lipinski definition) is 2. The van der Waals surface area contributed by atoms with Gasteiger partial charge in [-0.2, -0.15) is 0 Å². The van der Waals surface area contributed by atoms with Crippen molar-refractivity contribution in [1.82, 2.24) is 5.32 Å². The zero-order valence-electron chi connectivity index (χ0n) is 12.0. The summed E-state index contributed by atoms with van der Waals surface area (Å²) in [6.45, 7) is 0.700. The van der Waals surface area contributed by atoms with Crippen LogP contribution in [-0.4, -0.2) is 13.7 Å². The van der Waals surface area contributed by atoms with E-state index in [0.29, 0.717) is 12.4 Å². The number of ether oxygens (including phenoxy) is 2. The molecule has 4 nitrogen and oxygen atoms in total. The third-order valence-corrected chi connectivity index (χ3v) is 4.78. The van der Waals surface area contributed by atoms with E-state index in [0.717, 1.165) is 32.8 Å². The van der Waals surface area contributed by atoms with Gasteiger partial charge in [-0.25, -0.2) is 0 Å². The molecular formula is C17H15BrN2O2. The average Bonchev–Trinajstić information content (AvgIpc) is 2.91. The lowest BCUT2D eigenvalue weighted by molar-refractivity contribution is 0.400. The molecule has 5 heteroatoms. The average molecular weight is 359 g/mol. The Labute approximate surface area is 137 Å². The summed E-state index contributed by atoms with van der Waals surface area (Å²) in [6, 6.07) is 11.9. The van der Waals surface area contributed by atoms with Gasteiger partial charge in [0.05, 0.1) is 18.3 Å². The standard InChI is InChI=1S/C17H15BrN2O2/c1-21-11-3-5-15-13(7-11)17(8-16(19)20-9-17)12-6-10(18)2-4-14(12)22-15/h2-8,20H,9,19H2,1H3/t17-/m1/s1. The van der Waals surface area contributed by atoms with Gasteiger partial charge in [0.25, 0.3) is 0 Å². The molecule has 0 aliphatic carbocycles. The molecule has 0 fully saturated rings. The van der Waals surface area contributed by atoms with E-state index < -0.39 is 0 Å². The van der Waals surface area contributed by atoms with Crippen LogP contribution in [-0.2, 0) is 5.41 Å². The fourth-order valence-corrected chi connectivity index (χ4v) is 3.59. The second-order valence-corrected chi connectivity index (χ2v) is 6.44. The first-order valence-electron chi connectivity index (χ1n) is 7.01. The molecule has 2 heterocycles. The van der Waals surface area contributed by atoms with Crippen LogP contribution in [0.15, 0.2) is 52.8 Å². The second-order valence-electron chi connectivity index (χ2n) is 5.53. The summed E-state index contributed by atoms with van der Waals surface area (Å²) >= 11 is 3.55. The first-order valence-corrected chi connectivity index (χ1v) is 7.80. The van der Waals surface area contributed by atoms with Gasteiger partial charge in [0, 0.05) is 22.1 Å². The number of hydrogen-bond acceptors (Lipinski definition) is 4. The van der Waals surface area contributed by atoms with Crippen LogP contribution in [0.25, 0.3) is 0 Å². The molecule has 3 N–H and O–H groups in total. The lowest BCUT2D eigenvalue weighted by Gasteiger charge is -2.35. The van der Waals surface area contributed by atoms with Gasteiger partial charge in [-0.3, -0.25) is 0 Å². The van der Waals surface area contributed by atoms with Crippen molar-refractivity contribution in [3.05, 3.63) is 63.9 Å². The van der Waals surface area contributed by atoms with Gasteiger partial charge in [-0.05, 0) is 42.5 Å². The van der Waals surface area contributed by atoms with E-state index in [1.165, 1.54) is 0 Å². The van der Waals surface area contributed by atoms with Crippen molar-refractivity contribution < 1.29 is 9.47 Å². The molecule has 22 heavy (non-hydrogen) atoms. The van der Waals surface area contributed by atoms with Gasteiger partial charge in [0.15, 0.2) is 0 Å². The number of halogens is 1. The number of benzene rings is 2. The molecule has 0 aromatic heterocycles. The quantitative estimate of drug-likeness (QED) is 0.821. The Bertz CT molecular complexity index is 803. The van der Waals surface area contributed by atoms with Crippen molar-refractivity contribution in [2.24, 2.45) is 5.73 Å². The lowest BCUT2D eigenvalue weighted by atomic mass is 9.73. The third-order valence-electron chi connectivity index (χ3n) is 4.28. The molecule has 0 unspecified atom stereocenters. The number of methoxy groups -OCH3 is 1. The molecule has 0 saturated carbocycles. The third kappa shape index (κ3) is 1.82. The monoisotopic (exact) mass is 358 g/mol. The van der Waals surface area contributed by atoms with E-state index in [1.807, 2.05) is 30.3 Å². The van der Waals surface area contributed by atoms with Crippen molar-refractivity contribution >= 4 is 15.9 Å². The number of nitrogens with two attached hydrogens (primary N) is 1. The van der Waals surface area contributed by atoms with Crippen molar-refractivity contribution in [2.75, 3.05) is 13.7 Å². The van der Waals surface area contributed by atoms with Gasteiger partial charge < -0.3 is 20.5 Å². The fraction of sp³-hybridized carbons (Fsp3) is 0.176. The maximum absolute atomic E-state index is 6.08. The van der Waals surface area contributed by atoms with E-state index in [1.54, 1.807) is 7.11 Å². The van der Waals surface area contributed by atoms with E-state index in [2.05, 4.69) is 33.4 Å². The van der Waals surface area contributed by atoms with Crippen LogP contribution in [0.2, 0.25) is 0 Å². The Hall–Kier alpha value is -2.14. The summed E-state index contributed by atoms with van der Waals surface area (Å²) in [4.78, 5) is 0. The summed E-state index contributed by atoms with van der Waals surface area (Å²) in [5.41, 5.74) is 7.84. The van der Waals surface area contributed by atoms with Gasteiger partial charge in [-0.15, -0.1) is 0 Å². The van der Waals surface area contributed by atoms with Crippen molar-refractivity contribution in [3.63, 3.8) is 0 Å². The zero-order chi connectivity index (χ0) is 15.3. The first-order chi connectivity index (χ1) is 10.6. The zero-order valence-corrected chi connectivity index (χ0v) is 13.6. The summed E-state index contributed by atoms with van der Waals surface area (Å²) in [5, 5.41) is 3.25. The van der Waals surface area contributed by atoms with E-state index in [9.17, 15) is 0 Å².